The highest BCUT2D eigenvalue weighted by Crippen LogP contribution is 2.28. The van der Waals surface area contributed by atoms with Crippen molar-refractivity contribution in [3.8, 4) is 27.8 Å². The second-order valence-electron chi connectivity index (χ2n) is 4.38. The number of benzene rings is 1. The second kappa shape index (κ2) is 5.99. The van der Waals surface area contributed by atoms with Gasteiger partial charge in [-0.1, -0.05) is 24.3 Å². The largest absolute Gasteiger partial charge is 0.481 e. The number of hydrogen-bond acceptors (Lipinski definition) is 6. The molecule has 0 aliphatic heterocycles. The molecule has 2 N–H and O–H groups in total. The number of nitrogens with zero attached hydrogens (tertiary/aromatic N) is 3. The van der Waals surface area contributed by atoms with Gasteiger partial charge in [0, 0.05) is 23.6 Å². The molecule has 21 heavy (non-hydrogen) atoms. The average molecular weight is 298 g/mol. The molecule has 0 atom stereocenters. The van der Waals surface area contributed by atoms with Crippen LogP contribution in [0.3, 0.4) is 0 Å². The summed E-state index contributed by atoms with van der Waals surface area (Å²) in [6.07, 6.45) is 1.48. The maximum atomic E-state index is 5.61. The first-order valence-corrected chi connectivity index (χ1v) is 7.29. The fourth-order valence-corrected chi connectivity index (χ4v) is 2.70. The molecule has 1 aromatic carbocycles. The normalized spacial score (nSPS) is 10.6. The van der Waals surface area contributed by atoms with Gasteiger partial charge in [-0.2, -0.15) is 0 Å². The van der Waals surface area contributed by atoms with Gasteiger partial charge in [-0.05, 0) is 5.56 Å². The van der Waals surface area contributed by atoms with E-state index in [4.69, 9.17) is 10.5 Å². The first-order chi connectivity index (χ1) is 10.3. The number of nitrogens with two attached hydrogens (primary N) is 1. The van der Waals surface area contributed by atoms with Crippen LogP contribution < -0.4 is 10.5 Å². The number of aromatic nitrogens is 3. The average Bonchev–Trinajstić information content (AvgIpc) is 3.05. The zero-order valence-electron chi connectivity index (χ0n) is 11.5. The lowest BCUT2D eigenvalue weighted by Gasteiger charge is -2.00. The molecule has 2 aromatic heterocycles. The van der Waals surface area contributed by atoms with Crippen molar-refractivity contribution >= 4 is 11.3 Å². The Bertz CT molecular complexity index is 739. The van der Waals surface area contributed by atoms with Crippen molar-refractivity contribution in [1.29, 1.82) is 0 Å². The maximum Gasteiger partial charge on any atom is 0.216 e. The van der Waals surface area contributed by atoms with Crippen LogP contribution in [-0.2, 0) is 6.54 Å². The Morgan fingerprint density at radius 1 is 1.14 bits per heavy atom. The van der Waals surface area contributed by atoms with Crippen LogP contribution in [0.5, 0.6) is 5.88 Å². The number of ether oxygens (including phenoxy) is 1. The fraction of sp³-hybridized carbons (Fsp3) is 0.133. The molecule has 6 heteroatoms. The number of hydrogen-bond donors (Lipinski definition) is 1. The van der Waals surface area contributed by atoms with Crippen LogP contribution >= 0.6 is 11.3 Å². The molecule has 0 unspecified atom stereocenters. The summed E-state index contributed by atoms with van der Waals surface area (Å²) in [6.45, 7) is 0.545. The summed E-state index contributed by atoms with van der Waals surface area (Å²) in [5.74, 6) is 0.532. The van der Waals surface area contributed by atoms with Gasteiger partial charge in [-0.3, -0.25) is 0 Å². The summed E-state index contributed by atoms with van der Waals surface area (Å²) >= 11 is 1.54. The van der Waals surface area contributed by atoms with Gasteiger partial charge in [0.1, 0.15) is 17.0 Å². The van der Waals surface area contributed by atoms with Crippen LogP contribution in [0.2, 0.25) is 0 Å². The van der Waals surface area contributed by atoms with E-state index < -0.39 is 0 Å². The van der Waals surface area contributed by atoms with E-state index in [0.717, 1.165) is 27.5 Å². The monoisotopic (exact) mass is 298 g/mol. The standard InChI is InChI=1S/C15H14N4OS/c1-20-14-6-12(17-9-18-14)15-19-13(8-21-15)11-4-2-10(7-16)3-5-11/h2-6,8-9H,7,16H2,1H3. The van der Waals surface area contributed by atoms with Crippen LogP contribution in [0.1, 0.15) is 5.56 Å². The van der Waals surface area contributed by atoms with Crippen LogP contribution in [0.25, 0.3) is 22.0 Å². The smallest absolute Gasteiger partial charge is 0.216 e. The van der Waals surface area contributed by atoms with Crippen LogP contribution in [0.4, 0.5) is 0 Å². The molecule has 5 nitrogen and oxygen atoms in total. The zero-order valence-corrected chi connectivity index (χ0v) is 12.3. The first-order valence-electron chi connectivity index (χ1n) is 6.41. The highest BCUT2D eigenvalue weighted by molar-refractivity contribution is 7.13. The number of rotatable bonds is 4. The topological polar surface area (TPSA) is 73.9 Å². The summed E-state index contributed by atoms with van der Waals surface area (Å²) in [6, 6.07) is 9.87. The summed E-state index contributed by atoms with van der Waals surface area (Å²) in [4.78, 5) is 12.9. The van der Waals surface area contributed by atoms with Gasteiger partial charge in [0.2, 0.25) is 5.88 Å². The fourth-order valence-electron chi connectivity index (χ4n) is 1.90. The molecule has 0 aliphatic rings. The van der Waals surface area contributed by atoms with E-state index in [1.165, 1.54) is 6.33 Å². The molecule has 2 heterocycles. The van der Waals surface area contributed by atoms with E-state index in [9.17, 15) is 0 Å². The molecule has 3 rings (SSSR count). The van der Waals surface area contributed by atoms with Crippen molar-refractivity contribution in [1.82, 2.24) is 15.0 Å². The number of methoxy groups -OCH3 is 1. The zero-order chi connectivity index (χ0) is 14.7. The molecule has 0 radical (unpaired) electrons. The van der Waals surface area contributed by atoms with E-state index in [0.29, 0.717) is 12.4 Å². The van der Waals surface area contributed by atoms with Crippen LogP contribution in [0, 0.1) is 0 Å². The molecule has 0 saturated carbocycles. The Morgan fingerprint density at radius 2 is 1.95 bits per heavy atom. The third kappa shape index (κ3) is 2.91. The van der Waals surface area contributed by atoms with Crippen LogP contribution in [0.15, 0.2) is 42.0 Å². The van der Waals surface area contributed by atoms with Gasteiger partial charge in [0.15, 0.2) is 0 Å². The van der Waals surface area contributed by atoms with Crippen molar-refractivity contribution in [3.63, 3.8) is 0 Å². The molecule has 0 saturated heterocycles. The Balaban J connectivity index is 1.91. The Kier molecular flexibility index (Phi) is 3.89. The molecular weight excluding hydrogens is 284 g/mol. The van der Waals surface area contributed by atoms with Gasteiger partial charge in [0.05, 0.1) is 12.8 Å². The summed E-state index contributed by atoms with van der Waals surface area (Å²) in [7, 11) is 1.58. The Morgan fingerprint density at radius 3 is 2.67 bits per heavy atom. The van der Waals surface area contributed by atoms with Crippen molar-refractivity contribution in [2.75, 3.05) is 7.11 Å². The Labute approximate surface area is 126 Å². The van der Waals surface area contributed by atoms with Crippen LogP contribution in [-0.4, -0.2) is 22.1 Å². The lowest BCUT2D eigenvalue weighted by Crippen LogP contribution is -1.95. The van der Waals surface area contributed by atoms with E-state index in [1.54, 1.807) is 24.5 Å². The van der Waals surface area contributed by atoms with Gasteiger partial charge in [-0.15, -0.1) is 11.3 Å². The SMILES string of the molecule is COc1cc(-c2nc(-c3ccc(CN)cc3)cs2)ncn1. The van der Waals surface area contributed by atoms with Crippen molar-refractivity contribution in [2.24, 2.45) is 5.73 Å². The van der Waals surface area contributed by atoms with Crippen molar-refractivity contribution in [3.05, 3.63) is 47.6 Å². The van der Waals surface area contributed by atoms with E-state index in [1.807, 2.05) is 29.6 Å². The summed E-state index contributed by atoms with van der Waals surface area (Å²) in [5.41, 5.74) is 9.47. The molecule has 0 fully saturated rings. The van der Waals surface area contributed by atoms with E-state index >= 15 is 0 Å². The lowest BCUT2D eigenvalue weighted by atomic mass is 10.1. The van der Waals surface area contributed by atoms with Crippen molar-refractivity contribution < 1.29 is 4.74 Å². The van der Waals surface area contributed by atoms with Crippen molar-refractivity contribution in [2.45, 2.75) is 6.54 Å². The minimum atomic E-state index is 0.532. The molecule has 106 valence electrons. The highest BCUT2D eigenvalue weighted by atomic mass is 32.1. The van der Waals surface area contributed by atoms with Gasteiger partial charge in [0.25, 0.3) is 0 Å². The minimum absolute atomic E-state index is 0.532. The van der Waals surface area contributed by atoms with E-state index in [-0.39, 0.29) is 0 Å². The minimum Gasteiger partial charge on any atom is -0.481 e. The third-order valence-electron chi connectivity index (χ3n) is 3.06. The molecular formula is C15H14N4OS. The molecule has 0 spiro atoms. The summed E-state index contributed by atoms with van der Waals surface area (Å²) < 4.78 is 5.11. The third-order valence-corrected chi connectivity index (χ3v) is 3.92. The molecule has 0 aliphatic carbocycles. The predicted molar refractivity (Wildman–Crippen MR) is 83.0 cm³/mol. The molecule has 0 bridgehead atoms. The van der Waals surface area contributed by atoms with E-state index in [2.05, 4.69) is 15.0 Å². The summed E-state index contributed by atoms with van der Waals surface area (Å²) in [5, 5.41) is 2.86. The van der Waals surface area contributed by atoms with Gasteiger partial charge in [-0.25, -0.2) is 15.0 Å². The number of thiazole rings is 1. The maximum absolute atomic E-state index is 5.61. The first kappa shape index (κ1) is 13.7. The molecule has 0 amide bonds. The quantitative estimate of drug-likeness (QED) is 0.801. The van der Waals surface area contributed by atoms with Gasteiger partial charge >= 0.3 is 0 Å². The predicted octanol–water partition coefficient (Wildman–Crippen LogP) is 2.73. The Hall–Kier alpha value is -2.31. The van der Waals surface area contributed by atoms with Gasteiger partial charge < -0.3 is 10.5 Å². The lowest BCUT2D eigenvalue weighted by molar-refractivity contribution is 0.397. The molecule has 3 aromatic rings. The highest BCUT2D eigenvalue weighted by Gasteiger charge is 2.09. The second-order valence-corrected chi connectivity index (χ2v) is 5.24.